The van der Waals surface area contributed by atoms with Gasteiger partial charge >= 0.3 is 5.76 Å². The maximum Gasteiger partial charge on any atom is 0.419 e. The molecule has 0 radical (unpaired) electrons. The first-order valence-corrected chi connectivity index (χ1v) is 12.0. The van der Waals surface area contributed by atoms with Gasteiger partial charge < -0.3 is 14.5 Å². The molecule has 1 atom stereocenters. The highest BCUT2D eigenvalue weighted by atomic mass is 16.5. The molecule has 8 heteroatoms. The molecular weight excluding hydrogens is 432 g/mol. The van der Waals surface area contributed by atoms with Crippen LogP contribution in [0.1, 0.15) is 38.8 Å². The molecule has 2 heterocycles. The Morgan fingerprint density at radius 1 is 1.18 bits per heavy atom. The van der Waals surface area contributed by atoms with Gasteiger partial charge in [0.2, 0.25) is 5.91 Å². The number of nitrogens with zero attached hydrogens (tertiary/aromatic N) is 3. The number of hydrogen-bond acceptors (Lipinski definition) is 6. The molecule has 0 saturated carbocycles. The number of anilines is 1. The number of hydrogen-bond donors (Lipinski definition) is 1. The number of aryl methyl sites for hydroxylation is 1. The first-order valence-electron chi connectivity index (χ1n) is 12.0. The molecule has 1 N–H and O–H groups in total. The van der Waals surface area contributed by atoms with Crippen LogP contribution in [0.5, 0.6) is 5.75 Å². The van der Waals surface area contributed by atoms with Crippen LogP contribution < -0.4 is 15.8 Å². The van der Waals surface area contributed by atoms with Crippen molar-refractivity contribution in [3.63, 3.8) is 0 Å². The molecule has 1 aliphatic rings. The van der Waals surface area contributed by atoms with Gasteiger partial charge in [-0.25, -0.2) is 4.79 Å². The largest absolute Gasteiger partial charge is 0.491 e. The first kappa shape index (κ1) is 24.0. The fraction of sp³-hybridized carbons (Fsp3) is 0.462. The van der Waals surface area contributed by atoms with Gasteiger partial charge in [0.25, 0.3) is 0 Å². The molecule has 8 nitrogen and oxygen atoms in total. The highest BCUT2D eigenvalue weighted by Gasteiger charge is 2.27. The van der Waals surface area contributed by atoms with Crippen molar-refractivity contribution in [3.8, 4) is 5.75 Å². The van der Waals surface area contributed by atoms with E-state index < -0.39 is 0 Å². The number of benzene rings is 2. The molecule has 0 aliphatic carbocycles. The molecule has 0 bridgehead atoms. The Labute approximate surface area is 200 Å². The van der Waals surface area contributed by atoms with Crippen LogP contribution in [0, 0.1) is 0 Å². The highest BCUT2D eigenvalue weighted by molar-refractivity contribution is 5.94. The zero-order valence-electron chi connectivity index (χ0n) is 20.4. The molecule has 1 saturated heterocycles. The molecule has 4 rings (SSSR count). The Balaban J connectivity index is 1.38. The van der Waals surface area contributed by atoms with Crippen LogP contribution >= 0.6 is 0 Å². The number of amides is 1. The second-order valence-corrected chi connectivity index (χ2v) is 9.22. The highest BCUT2D eigenvalue weighted by Crippen LogP contribution is 2.26. The molecule has 1 amide bonds. The van der Waals surface area contributed by atoms with Crippen molar-refractivity contribution in [3.05, 3.63) is 58.6 Å². The van der Waals surface area contributed by atoms with E-state index in [0.717, 1.165) is 37.3 Å². The summed E-state index contributed by atoms with van der Waals surface area (Å²) in [6.45, 7) is 9.42. The zero-order chi connectivity index (χ0) is 24.2. The number of rotatable bonds is 8. The lowest BCUT2D eigenvalue weighted by Gasteiger charge is -2.39. The zero-order valence-corrected chi connectivity index (χ0v) is 20.4. The van der Waals surface area contributed by atoms with Crippen LogP contribution in [0.4, 0.5) is 5.69 Å². The van der Waals surface area contributed by atoms with E-state index in [9.17, 15) is 9.59 Å². The van der Waals surface area contributed by atoms with E-state index >= 15 is 0 Å². The Morgan fingerprint density at radius 2 is 1.94 bits per heavy atom. The molecule has 1 fully saturated rings. The third-order valence-electron chi connectivity index (χ3n) is 6.14. The van der Waals surface area contributed by atoms with Crippen molar-refractivity contribution in [1.82, 2.24) is 14.4 Å². The predicted octanol–water partition coefficient (Wildman–Crippen LogP) is 3.72. The molecule has 1 unspecified atom stereocenters. The van der Waals surface area contributed by atoms with E-state index in [1.54, 1.807) is 10.6 Å². The van der Waals surface area contributed by atoms with E-state index in [1.165, 1.54) is 5.56 Å². The van der Waals surface area contributed by atoms with Gasteiger partial charge in [0.1, 0.15) is 5.75 Å². The van der Waals surface area contributed by atoms with Crippen LogP contribution in [-0.2, 0) is 11.3 Å². The van der Waals surface area contributed by atoms with E-state index in [0.29, 0.717) is 24.4 Å². The van der Waals surface area contributed by atoms with Gasteiger partial charge in [-0.3, -0.25) is 19.2 Å². The summed E-state index contributed by atoms with van der Waals surface area (Å²) in [4.78, 5) is 29.3. The Hall–Kier alpha value is -3.10. The lowest BCUT2D eigenvalue weighted by Crippen LogP contribution is -2.48. The average Bonchev–Trinajstić information content (AvgIpc) is 3.10. The number of ether oxygens (including phenoxy) is 1. The molecule has 0 spiro atoms. The normalized spacial score (nSPS) is 17.4. The van der Waals surface area contributed by atoms with Crippen LogP contribution in [0.2, 0.25) is 0 Å². The second-order valence-electron chi connectivity index (χ2n) is 9.22. The standard InChI is InChI=1S/C26H34N4O4/c1-5-12-30-22-11-8-20(15-24(22)34-26(30)32)27-25(31)17-29-14-13-28(4)23(16-29)19-6-9-21(10-7-19)33-18(2)3/h6-11,15,18,23H,5,12-14,16-17H2,1-4H3,(H,27,31). The molecule has 1 aromatic heterocycles. The van der Waals surface area contributed by atoms with E-state index in [2.05, 4.69) is 34.3 Å². The molecular formula is C26H34N4O4. The smallest absolute Gasteiger partial charge is 0.419 e. The third-order valence-corrected chi connectivity index (χ3v) is 6.14. The van der Waals surface area contributed by atoms with Gasteiger partial charge in [-0.1, -0.05) is 19.1 Å². The van der Waals surface area contributed by atoms with Gasteiger partial charge in [0.15, 0.2) is 5.58 Å². The van der Waals surface area contributed by atoms with Crippen molar-refractivity contribution < 1.29 is 13.9 Å². The minimum atomic E-state index is -0.368. The van der Waals surface area contributed by atoms with Gasteiger partial charge in [-0.05, 0) is 57.1 Å². The van der Waals surface area contributed by atoms with E-state index in [-0.39, 0.29) is 23.8 Å². The number of carbonyl (C=O) groups excluding carboxylic acids is 1. The van der Waals surface area contributed by atoms with Crippen LogP contribution in [0.3, 0.4) is 0 Å². The maximum absolute atomic E-state index is 12.8. The van der Waals surface area contributed by atoms with E-state index in [4.69, 9.17) is 9.15 Å². The lowest BCUT2D eigenvalue weighted by molar-refractivity contribution is -0.118. The Morgan fingerprint density at radius 3 is 2.65 bits per heavy atom. The number of likely N-dealkylation sites (N-methyl/N-ethyl adjacent to an activating group) is 1. The number of piperazine rings is 1. The first-order chi connectivity index (χ1) is 16.3. The summed E-state index contributed by atoms with van der Waals surface area (Å²) in [5.74, 6) is 0.414. The minimum absolute atomic E-state index is 0.0846. The number of fused-ring (bicyclic) bond motifs is 1. The van der Waals surface area contributed by atoms with Crippen molar-refractivity contribution in [2.75, 3.05) is 38.5 Å². The van der Waals surface area contributed by atoms with Gasteiger partial charge in [-0.2, -0.15) is 0 Å². The lowest BCUT2D eigenvalue weighted by atomic mass is 10.0. The summed E-state index contributed by atoms with van der Waals surface area (Å²) < 4.78 is 12.7. The SMILES string of the molecule is CCCn1c(=O)oc2cc(NC(=O)CN3CCN(C)C(c4ccc(OC(C)C)cc4)C3)ccc21. The molecule has 1 aliphatic heterocycles. The molecule has 3 aromatic rings. The van der Waals surface area contributed by atoms with Gasteiger partial charge in [0, 0.05) is 44.0 Å². The number of oxazole rings is 1. The summed E-state index contributed by atoms with van der Waals surface area (Å²) in [6.07, 6.45) is 0.986. The molecule has 34 heavy (non-hydrogen) atoms. The maximum atomic E-state index is 12.8. The number of aromatic nitrogens is 1. The minimum Gasteiger partial charge on any atom is -0.491 e. The van der Waals surface area contributed by atoms with Crippen molar-refractivity contribution >= 4 is 22.7 Å². The second kappa shape index (κ2) is 10.4. The van der Waals surface area contributed by atoms with E-state index in [1.807, 2.05) is 45.0 Å². The summed E-state index contributed by atoms with van der Waals surface area (Å²) in [5, 5.41) is 2.95. The van der Waals surface area contributed by atoms with Crippen LogP contribution in [0.15, 0.2) is 51.7 Å². The third kappa shape index (κ3) is 5.51. The summed E-state index contributed by atoms with van der Waals surface area (Å²) in [7, 11) is 2.12. The van der Waals surface area contributed by atoms with Crippen molar-refractivity contribution in [1.29, 1.82) is 0 Å². The summed E-state index contributed by atoms with van der Waals surface area (Å²) >= 11 is 0. The van der Waals surface area contributed by atoms with Crippen LogP contribution in [0.25, 0.3) is 11.1 Å². The van der Waals surface area contributed by atoms with Crippen molar-refractivity contribution in [2.45, 2.75) is 45.9 Å². The Kier molecular flexibility index (Phi) is 7.38. The summed E-state index contributed by atoms with van der Waals surface area (Å²) in [6, 6.07) is 13.8. The quantitative estimate of drug-likeness (QED) is 0.545. The van der Waals surface area contributed by atoms with Crippen LogP contribution in [-0.4, -0.2) is 59.6 Å². The summed E-state index contributed by atoms with van der Waals surface area (Å²) in [5.41, 5.74) is 3.07. The molecule has 182 valence electrons. The van der Waals surface area contributed by atoms with Crippen molar-refractivity contribution in [2.24, 2.45) is 0 Å². The number of nitrogens with one attached hydrogen (secondary N) is 1. The van der Waals surface area contributed by atoms with Gasteiger partial charge in [-0.15, -0.1) is 0 Å². The number of carbonyl (C=O) groups is 1. The monoisotopic (exact) mass is 466 g/mol. The Bertz CT molecular complexity index is 1180. The fourth-order valence-corrected chi connectivity index (χ4v) is 4.46. The molecule has 2 aromatic carbocycles. The predicted molar refractivity (Wildman–Crippen MR) is 133 cm³/mol. The topological polar surface area (TPSA) is 80.0 Å². The van der Waals surface area contributed by atoms with Gasteiger partial charge in [0.05, 0.1) is 18.2 Å². The fourth-order valence-electron chi connectivity index (χ4n) is 4.46. The average molecular weight is 467 g/mol.